The maximum Gasteiger partial charge on any atom is 0.201 e. The summed E-state index contributed by atoms with van der Waals surface area (Å²) in [5, 5.41) is 0. The minimum absolute atomic E-state index is 0.200. The number of rotatable bonds is 2. The lowest BCUT2D eigenvalue weighted by Gasteiger charge is -2.13. The van der Waals surface area contributed by atoms with Crippen molar-refractivity contribution in [2.75, 3.05) is 5.73 Å². The van der Waals surface area contributed by atoms with Crippen molar-refractivity contribution < 1.29 is 4.39 Å². The zero-order valence-electron chi connectivity index (χ0n) is 10.9. The van der Waals surface area contributed by atoms with Gasteiger partial charge in [0, 0.05) is 12.6 Å². The predicted molar refractivity (Wildman–Crippen MR) is 83.3 cm³/mol. The van der Waals surface area contributed by atoms with E-state index in [4.69, 9.17) is 5.73 Å². The molecule has 0 radical (unpaired) electrons. The number of aromatic nitrogens is 2. The van der Waals surface area contributed by atoms with Gasteiger partial charge in [-0.1, -0.05) is 13.3 Å². The maximum atomic E-state index is 13.7. The molecule has 3 rings (SSSR count). The molecule has 2 atom stereocenters. The van der Waals surface area contributed by atoms with Gasteiger partial charge in [-0.3, -0.25) is 0 Å². The van der Waals surface area contributed by atoms with E-state index in [0.29, 0.717) is 15.4 Å². The van der Waals surface area contributed by atoms with Crippen molar-refractivity contribution in [3.8, 4) is 0 Å². The third-order valence-corrected chi connectivity index (χ3v) is 4.89. The highest BCUT2D eigenvalue weighted by atomic mass is 127. The van der Waals surface area contributed by atoms with Crippen LogP contribution in [0.3, 0.4) is 0 Å². The van der Waals surface area contributed by atoms with Gasteiger partial charge in [0.2, 0.25) is 5.95 Å². The zero-order valence-corrected chi connectivity index (χ0v) is 13.0. The smallest absolute Gasteiger partial charge is 0.201 e. The largest absolute Gasteiger partial charge is 0.369 e. The summed E-state index contributed by atoms with van der Waals surface area (Å²) in [4.78, 5) is 4.35. The van der Waals surface area contributed by atoms with Gasteiger partial charge in [-0.25, -0.2) is 9.37 Å². The summed E-state index contributed by atoms with van der Waals surface area (Å²) in [5.41, 5.74) is 7.59. The van der Waals surface area contributed by atoms with Crippen LogP contribution in [0.1, 0.15) is 26.2 Å². The van der Waals surface area contributed by atoms with Crippen molar-refractivity contribution in [2.45, 2.75) is 32.7 Å². The van der Waals surface area contributed by atoms with Gasteiger partial charge in [-0.15, -0.1) is 0 Å². The summed E-state index contributed by atoms with van der Waals surface area (Å²) in [6.45, 7) is 3.14. The highest BCUT2D eigenvalue weighted by molar-refractivity contribution is 14.1. The standard InChI is InChI=1S/C14H17FIN3/c1-8-2-3-9(4-8)7-19-13-5-10(15)11(16)6-12(13)18-14(19)17/h5-6,8-9H,2-4,7H2,1H3,(H2,17,18). The fourth-order valence-corrected chi connectivity index (χ4v) is 3.53. The first-order valence-electron chi connectivity index (χ1n) is 6.65. The number of benzene rings is 1. The molecular weight excluding hydrogens is 356 g/mol. The number of imidazole rings is 1. The molecule has 1 heterocycles. The van der Waals surface area contributed by atoms with Crippen LogP contribution in [-0.4, -0.2) is 9.55 Å². The average Bonchev–Trinajstić information content (AvgIpc) is 2.87. The van der Waals surface area contributed by atoms with Crippen molar-refractivity contribution in [2.24, 2.45) is 11.8 Å². The van der Waals surface area contributed by atoms with Crippen LogP contribution in [0.4, 0.5) is 10.3 Å². The van der Waals surface area contributed by atoms with Crippen LogP contribution in [0.2, 0.25) is 0 Å². The van der Waals surface area contributed by atoms with Crippen molar-refractivity contribution in [3.63, 3.8) is 0 Å². The third kappa shape index (κ3) is 2.44. The van der Waals surface area contributed by atoms with E-state index in [0.717, 1.165) is 23.5 Å². The van der Waals surface area contributed by atoms with Crippen LogP contribution in [-0.2, 0) is 6.54 Å². The molecule has 2 unspecified atom stereocenters. The molecule has 0 spiro atoms. The Hall–Kier alpha value is -0.850. The van der Waals surface area contributed by atoms with Gasteiger partial charge < -0.3 is 10.3 Å². The second-order valence-electron chi connectivity index (χ2n) is 5.62. The molecule has 0 amide bonds. The summed E-state index contributed by atoms with van der Waals surface area (Å²) in [6.07, 6.45) is 3.74. The Labute approximate surface area is 125 Å². The highest BCUT2D eigenvalue weighted by Crippen LogP contribution is 2.33. The van der Waals surface area contributed by atoms with Crippen LogP contribution < -0.4 is 5.73 Å². The van der Waals surface area contributed by atoms with Crippen LogP contribution >= 0.6 is 22.6 Å². The van der Waals surface area contributed by atoms with E-state index in [1.807, 2.05) is 27.2 Å². The minimum atomic E-state index is -0.200. The molecule has 1 aromatic carbocycles. The summed E-state index contributed by atoms with van der Waals surface area (Å²) < 4.78 is 16.3. The first-order chi connectivity index (χ1) is 9.04. The molecule has 1 aliphatic rings. The Kier molecular flexibility index (Phi) is 3.41. The topological polar surface area (TPSA) is 43.8 Å². The van der Waals surface area contributed by atoms with E-state index in [9.17, 15) is 4.39 Å². The summed E-state index contributed by atoms with van der Waals surface area (Å²) >= 11 is 1.98. The number of nitrogens with zero attached hydrogens (tertiary/aromatic N) is 2. The van der Waals surface area contributed by atoms with Gasteiger partial charge in [0.1, 0.15) is 5.82 Å². The van der Waals surface area contributed by atoms with Gasteiger partial charge in [0.25, 0.3) is 0 Å². The maximum absolute atomic E-state index is 13.7. The average molecular weight is 373 g/mol. The van der Waals surface area contributed by atoms with Gasteiger partial charge in [0.05, 0.1) is 14.6 Å². The van der Waals surface area contributed by atoms with Gasteiger partial charge in [-0.2, -0.15) is 0 Å². The molecule has 1 aromatic heterocycles. The number of nitrogens with two attached hydrogens (primary N) is 1. The van der Waals surface area contributed by atoms with Crippen LogP contribution in [0.5, 0.6) is 0 Å². The number of nitrogen functional groups attached to an aromatic ring is 1. The zero-order chi connectivity index (χ0) is 13.6. The lowest BCUT2D eigenvalue weighted by Crippen LogP contribution is -2.10. The molecule has 1 fully saturated rings. The molecular formula is C14H17FIN3. The molecule has 0 bridgehead atoms. The lowest BCUT2D eigenvalue weighted by atomic mass is 10.1. The number of halogens is 2. The number of hydrogen-bond acceptors (Lipinski definition) is 2. The molecule has 102 valence electrons. The lowest BCUT2D eigenvalue weighted by molar-refractivity contribution is 0.450. The first kappa shape index (κ1) is 13.1. The number of hydrogen-bond donors (Lipinski definition) is 1. The first-order valence-corrected chi connectivity index (χ1v) is 7.73. The molecule has 2 N–H and O–H groups in total. The molecule has 2 aromatic rings. The van der Waals surface area contributed by atoms with E-state index in [1.54, 1.807) is 12.1 Å². The van der Waals surface area contributed by atoms with Crippen molar-refractivity contribution in [1.29, 1.82) is 0 Å². The quantitative estimate of drug-likeness (QED) is 0.814. The number of anilines is 1. The second kappa shape index (κ2) is 4.92. The third-order valence-electron chi connectivity index (χ3n) is 4.06. The van der Waals surface area contributed by atoms with Crippen molar-refractivity contribution in [1.82, 2.24) is 9.55 Å². The Balaban J connectivity index is 1.98. The van der Waals surface area contributed by atoms with E-state index >= 15 is 0 Å². The molecule has 19 heavy (non-hydrogen) atoms. The molecule has 3 nitrogen and oxygen atoms in total. The molecule has 0 saturated heterocycles. The van der Waals surface area contributed by atoms with Gasteiger partial charge >= 0.3 is 0 Å². The Morgan fingerprint density at radius 3 is 2.95 bits per heavy atom. The summed E-state index contributed by atoms with van der Waals surface area (Å²) in [5.74, 6) is 1.72. The van der Waals surface area contributed by atoms with Crippen LogP contribution in [0, 0.1) is 21.2 Å². The van der Waals surface area contributed by atoms with Crippen LogP contribution in [0.25, 0.3) is 11.0 Å². The Morgan fingerprint density at radius 2 is 2.26 bits per heavy atom. The van der Waals surface area contributed by atoms with E-state index in [-0.39, 0.29) is 5.82 Å². The molecule has 1 saturated carbocycles. The monoisotopic (exact) mass is 373 g/mol. The Morgan fingerprint density at radius 1 is 1.47 bits per heavy atom. The fraction of sp³-hybridized carbons (Fsp3) is 0.500. The summed E-state index contributed by atoms with van der Waals surface area (Å²) in [7, 11) is 0. The fourth-order valence-electron chi connectivity index (χ4n) is 3.08. The molecule has 5 heteroatoms. The second-order valence-corrected chi connectivity index (χ2v) is 6.78. The van der Waals surface area contributed by atoms with Crippen molar-refractivity contribution in [3.05, 3.63) is 21.5 Å². The molecule has 0 aliphatic heterocycles. The molecule has 1 aliphatic carbocycles. The number of fused-ring (bicyclic) bond motifs is 1. The normalized spacial score (nSPS) is 23.3. The van der Waals surface area contributed by atoms with Crippen molar-refractivity contribution >= 4 is 39.6 Å². The summed E-state index contributed by atoms with van der Waals surface area (Å²) in [6, 6.07) is 3.31. The van der Waals surface area contributed by atoms with Crippen LogP contribution in [0.15, 0.2) is 12.1 Å². The highest BCUT2D eigenvalue weighted by Gasteiger charge is 2.23. The van der Waals surface area contributed by atoms with Gasteiger partial charge in [0.15, 0.2) is 0 Å². The van der Waals surface area contributed by atoms with Gasteiger partial charge in [-0.05, 0) is 53.3 Å². The Bertz CT molecular complexity index is 623. The predicted octanol–water partition coefficient (Wildman–Crippen LogP) is 3.80. The van der Waals surface area contributed by atoms with E-state index in [1.165, 1.54) is 19.3 Å². The SMILES string of the molecule is CC1CCC(Cn2c(N)nc3cc(I)c(F)cc32)C1. The van der Waals surface area contributed by atoms with E-state index in [2.05, 4.69) is 11.9 Å². The van der Waals surface area contributed by atoms with E-state index < -0.39 is 0 Å². The minimum Gasteiger partial charge on any atom is -0.369 e.